The van der Waals surface area contributed by atoms with Gasteiger partial charge in [-0.1, -0.05) is 0 Å². The second-order valence-electron chi connectivity index (χ2n) is 0.101. The van der Waals surface area contributed by atoms with Gasteiger partial charge < -0.3 is 5.11 Å². The first-order chi connectivity index (χ1) is 2.41. The summed E-state index contributed by atoms with van der Waals surface area (Å²) in [7, 11) is 1.00. The molecule has 6 heavy (non-hydrogen) atoms. The molecule has 0 heterocycles. The molecule has 0 fully saturated rings. The van der Waals surface area contributed by atoms with E-state index in [4.69, 9.17) is 28.3 Å². The van der Waals surface area contributed by atoms with Gasteiger partial charge >= 0.3 is 0 Å². The van der Waals surface area contributed by atoms with Crippen molar-refractivity contribution in [1.29, 1.82) is 0 Å². The van der Waals surface area contributed by atoms with Crippen molar-refractivity contribution in [2.45, 2.75) is 0 Å². The molecule has 0 saturated carbocycles. The van der Waals surface area contributed by atoms with Gasteiger partial charge in [0, 0.05) is 13.3 Å². The maximum atomic E-state index is 7.00. The molecule has 0 amide bonds. The molecule has 0 atom stereocenters. The van der Waals surface area contributed by atoms with E-state index in [2.05, 4.69) is 0 Å². The first-order valence-electron chi connectivity index (χ1n) is 0.982. The first kappa shape index (κ1) is 16.1. The van der Waals surface area contributed by atoms with E-state index < -0.39 is 0 Å². The monoisotopic (exact) mass is 130 g/mol. The van der Waals surface area contributed by atoms with E-state index in [0.29, 0.717) is 0 Å². The number of alkyl halides is 2. The van der Waals surface area contributed by atoms with Crippen molar-refractivity contribution in [1.82, 2.24) is 6.15 Å². The van der Waals surface area contributed by atoms with Crippen molar-refractivity contribution >= 4 is 23.2 Å². The molecule has 0 unspecified atom stereocenters. The SMILES string of the molecule is CO.ClCCl.[N]. The van der Waals surface area contributed by atoms with E-state index in [1.165, 1.54) is 0 Å². The third-order valence-corrected chi connectivity index (χ3v) is 0. The number of aliphatic hydroxyl groups excluding tert-OH is 1. The van der Waals surface area contributed by atoms with E-state index in [1.807, 2.05) is 0 Å². The van der Waals surface area contributed by atoms with Gasteiger partial charge in [-0.15, -0.1) is 23.2 Å². The molecule has 1 N–H and O–H groups in total. The van der Waals surface area contributed by atoms with Crippen LogP contribution in [0.5, 0.6) is 0 Å². The Hall–Kier alpha value is 0.500. The minimum Gasteiger partial charge on any atom is -0.400 e. The summed E-state index contributed by atoms with van der Waals surface area (Å²) in [5.74, 6) is 0. The van der Waals surface area contributed by atoms with E-state index >= 15 is 0 Å². The number of hydrogen-bond donors (Lipinski definition) is 1. The van der Waals surface area contributed by atoms with Crippen molar-refractivity contribution in [2.24, 2.45) is 0 Å². The molecule has 39 valence electrons. The van der Waals surface area contributed by atoms with Crippen LogP contribution >= 0.6 is 23.2 Å². The predicted octanol–water partition coefficient (Wildman–Crippen LogP) is 0.549. The standard InChI is InChI=1S/CH2Cl2.CH4O.N/c2-1-3;1-2;/h1H2;2H,1H3;. The molecule has 2 nitrogen and oxygen atoms in total. The van der Waals surface area contributed by atoms with Gasteiger partial charge in [0.05, 0.1) is 5.34 Å². The number of halogens is 2. The molecule has 0 aromatic rings. The second kappa shape index (κ2) is 49.5. The third kappa shape index (κ3) is 221. The molecule has 3 radical (unpaired) electrons. The molecule has 0 aromatic heterocycles. The zero-order valence-electron chi connectivity index (χ0n) is 3.36. The average molecular weight is 131 g/mol. The van der Waals surface area contributed by atoms with Gasteiger partial charge in [-0.25, -0.2) is 0 Å². The Bertz CT molecular complexity index is 11.5. The van der Waals surface area contributed by atoms with Crippen LogP contribution in [-0.2, 0) is 0 Å². The summed E-state index contributed by atoms with van der Waals surface area (Å²) in [4.78, 5) is 0. The first-order valence-corrected chi connectivity index (χ1v) is 2.05. The van der Waals surface area contributed by atoms with Crippen LogP contribution < -0.4 is 6.15 Å². The van der Waals surface area contributed by atoms with Crippen LogP contribution in [0.4, 0.5) is 0 Å². The van der Waals surface area contributed by atoms with Crippen molar-refractivity contribution in [3.8, 4) is 0 Å². The molecule has 0 spiro atoms. The summed E-state index contributed by atoms with van der Waals surface area (Å²) < 4.78 is 0. The molecule has 4 heteroatoms. The van der Waals surface area contributed by atoms with Gasteiger partial charge in [0.15, 0.2) is 0 Å². The fraction of sp³-hybridized carbons (Fsp3) is 1.00. The lowest BCUT2D eigenvalue weighted by Crippen LogP contribution is -1.25. The highest BCUT2D eigenvalue weighted by atomic mass is 35.5. The molecular weight excluding hydrogens is 125 g/mol. The van der Waals surface area contributed by atoms with E-state index in [9.17, 15) is 0 Å². The summed E-state index contributed by atoms with van der Waals surface area (Å²) in [6, 6.07) is 0. The predicted molar refractivity (Wildman–Crippen MR) is 26.8 cm³/mol. The lowest BCUT2D eigenvalue weighted by Gasteiger charge is -1.42. The number of hydrogen-bond acceptors (Lipinski definition) is 1. The topological polar surface area (TPSA) is 50.7 Å². The van der Waals surface area contributed by atoms with Gasteiger partial charge in [0.1, 0.15) is 0 Å². The van der Waals surface area contributed by atoms with Crippen LogP contribution in [0.25, 0.3) is 0 Å². The molecule has 0 saturated heterocycles. The van der Waals surface area contributed by atoms with Crippen molar-refractivity contribution < 1.29 is 5.11 Å². The number of nitrogens with zero attached hydrogens (tertiary/aromatic N) is 1. The van der Waals surface area contributed by atoms with Crippen LogP contribution in [0.1, 0.15) is 0 Å². The number of rotatable bonds is 0. The Morgan fingerprint density at radius 3 is 1.33 bits per heavy atom. The average Bonchev–Trinajstić information content (AvgIpc) is 1.46. The highest BCUT2D eigenvalue weighted by molar-refractivity contribution is 6.40. The Labute approximate surface area is 47.6 Å². The van der Waals surface area contributed by atoms with Crippen LogP contribution in [0.15, 0.2) is 0 Å². The Morgan fingerprint density at radius 1 is 1.33 bits per heavy atom. The van der Waals surface area contributed by atoms with Gasteiger partial charge in [0.25, 0.3) is 0 Å². The summed E-state index contributed by atoms with van der Waals surface area (Å²) >= 11 is 9.53. The quantitative estimate of drug-likeness (QED) is 0.479. The van der Waals surface area contributed by atoms with Crippen LogP contribution in [0.2, 0.25) is 0 Å². The molecule has 0 aliphatic rings. The summed E-state index contributed by atoms with van der Waals surface area (Å²) in [6.07, 6.45) is 0. The van der Waals surface area contributed by atoms with Crippen molar-refractivity contribution in [3.63, 3.8) is 0 Å². The molecular formula is C2H6Cl2NO. The summed E-state index contributed by atoms with van der Waals surface area (Å²) in [5.41, 5.74) is 0. The minimum atomic E-state index is 0. The normalized spacial score (nSPS) is 4.00. The minimum absolute atomic E-state index is 0. The summed E-state index contributed by atoms with van der Waals surface area (Å²) in [5, 5.41) is 7.19. The van der Waals surface area contributed by atoms with E-state index in [0.717, 1.165) is 7.11 Å². The molecule has 0 rings (SSSR count). The highest BCUT2D eigenvalue weighted by Crippen LogP contribution is 1.73. The molecule has 0 aliphatic heterocycles. The van der Waals surface area contributed by atoms with Gasteiger partial charge in [-0.3, -0.25) is 0 Å². The van der Waals surface area contributed by atoms with Crippen LogP contribution in [0, 0.1) is 0 Å². The van der Waals surface area contributed by atoms with Crippen molar-refractivity contribution in [2.75, 3.05) is 12.4 Å². The lowest BCUT2D eigenvalue weighted by atomic mass is 11.8. The van der Waals surface area contributed by atoms with Crippen molar-refractivity contribution in [3.05, 3.63) is 0 Å². The maximum absolute atomic E-state index is 7.00. The Kier molecular flexibility index (Phi) is 132. The largest absolute Gasteiger partial charge is 0.400 e. The molecule has 0 aliphatic carbocycles. The zero-order chi connectivity index (χ0) is 4.71. The molecule has 0 bridgehead atoms. The maximum Gasteiger partial charge on any atom is 0.0967 e. The molecule has 0 aromatic carbocycles. The van der Waals surface area contributed by atoms with Gasteiger partial charge in [0.2, 0.25) is 0 Å². The van der Waals surface area contributed by atoms with Gasteiger partial charge in [-0.2, -0.15) is 0 Å². The number of aliphatic hydroxyl groups is 1. The third-order valence-electron chi connectivity index (χ3n) is 0. The van der Waals surface area contributed by atoms with Crippen LogP contribution in [0.3, 0.4) is 0 Å². The fourth-order valence-corrected chi connectivity index (χ4v) is 0. The van der Waals surface area contributed by atoms with E-state index in [-0.39, 0.29) is 11.5 Å². The fourth-order valence-electron chi connectivity index (χ4n) is 0. The summed E-state index contributed by atoms with van der Waals surface area (Å²) in [6.45, 7) is 0. The second-order valence-corrected chi connectivity index (χ2v) is 0.909. The lowest BCUT2D eigenvalue weighted by molar-refractivity contribution is 0.399. The smallest absolute Gasteiger partial charge is 0.0967 e. The Morgan fingerprint density at radius 2 is 1.33 bits per heavy atom. The van der Waals surface area contributed by atoms with E-state index in [1.54, 1.807) is 0 Å². The highest BCUT2D eigenvalue weighted by Gasteiger charge is 1.41. The Balaban J connectivity index is -0.0000000275. The van der Waals surface area contributed by atoms with Gasteiger partial charge in [-0.05, 0) is 0 Å². The van der Waals surface area contributed by atoms with Crippen LogP contribution in [-0.4, -0.2) is 17.6 Å². The zero-order valence-corrected chi connectivity index (χ0v) is 4.87.